The van der Waals surface area contributed by atoms with Crippen LogP contribution in [-0.2, 0) is 24.1 Å². The van der Waals surface area contributed by atoms with Crippen LogP contribution in [0.25, 0.3) is 21.9 Å². The van der Waals surface area contributed by atoms with E-state index in [1.807, 2.05) is 52.7 Å². The second-order valence-electron chi connectivity index (χ2n) is 7.76. The van der Waals surface area contributed by atoms with E-state index in [-0.39, 0.29) is 24.8 Å². The highest BCUT2D eigenvalue weighted by Crippen LogP contribution is 2.41. The Hall–Kier alpha value is -2.95. The number of ether oxygens (including phenoxy) is 1. The van der Waals surface area contributed by atoms with E-state index < -0.39 is 5.97 Å². The molecule has 0 fully saturated rings. The van der Waals surface area contributed by atoms with Gasteiger partial charge in [-0.15, -0.1) is 12.4 Å². The predicted molar refractivity (Wildman–Crippen MR) is 142 cm³/mol. The number of thioether (sulfide) groups is 1. The van der Waals surface area contributed by atoms with Crippen molar-refractivity contribution in [2.45, 2.75) is 24.4 Å². The van der Waals surface area contributed by atoms with Crippen molar-refractivity contribution in [1.29, 1.82) is 0 Å². The molecular formula is C24H23BrClN5O3S. The molecule has 0 unspecified atom stereocenters. The van der Waals surface area contributed by atoms with Crippen molar-refractivity contribution in [2.24, 2.45) is 7.05 Å². The summed E-state index contributed by atoms with van der Waals surface area (Å²) in [5, 5.41) is 12.4. The van der Waals surface area contributed by atoms with E-state index in [1.54, 1.807) is 19.4 Å². The molecule has 11 heteroatoms. The molecule has 0 radical (unpaired) electrons. The number of imidazole rings is 2. The SMILES string of the molecule is CCOC(=O)c1c(CSc2nc3ccccc3[nH]2)n(C)c2cc(Br)c(O)c(Cn3ccnc3)c12.Cl. The summed E-state index contributed by atoms with van der Waals surface area (Å²) in [6.07, 6.45) is 5.17. The summed E-state index contributed by atoms with van der Waals surface area (Å²) in [7, 11) is 1.92. The van der Waals surface area contributed by atoms with Crippen LogP contribution in [0.15, 0.2) is 58.7 Å². The number of esters is 1. The monoisotopic (exact) mass is 575 g/mol. The number of benzene rings is 2. The summed E-state index contributed by atoms with van der Waals surface area (Å²) in [5.74, 6) is 0.165. The smallest absolute Gasteiger partial charge is 0.340 e. The van der Waals surface area contributed by atoms with Crippen LogP contribution in [0.5, 0.6) is 5.75 Å². The van der Waals surface area contributed by atoms with Crippen LogP contribution in [0.3, 0.4) is 0 Å². The molecule has 0 amide bonds. The maximum Gasteiger partial charge on any atom is 0.340 e. The maximum atomic E-state index is 13.2. The van der Waals surface area contributed by atoms with E-state index in [9.17, 15) is 9.90 Å². The van der Waals surface area contributed by atoms with Gasteiger partial charge in [-0.3, -0.25) is 0 Å². The van der Waals surface area contributed by atoms with Gasteiger partial charge in [0, 0.05) is 41.8 Å². The molecule has 2 N–H and O–H groups in total. The molecule has 3 aromatic heterocycles. The lowest BCUT2D eigenvalue weighted by Gasteiger charge is -2.11. The lowest BCUT2D eigenvalue weighted by Crippen LogP contribution is -2.09. The number of H-pyrrole nitrogens is 1. The molecule has 35 heavy (non-hydrogen) atoms. The molecule has 0 spiro atoms. The number of phenols is 1. The van der Waals surface area contributed by atoms with E-state index in [0.29, 0.717) is 33.3 Å². The first-order valence-electron chi connectivity index (χ1n) is 10.7. The molecule has 0 saturated heterocycles. The van der Waals surface area contributed by atoms with Crippen molar-refractivity contribution >= 4 is 68.0 Å². The van der Waals surface area contributed by atoms with Crippen molar-refractivity contribution in [3.63, 3.8) is 0 Å². The number of para-hydroxylation sites is 2. The van der Waals surface area contributed by atoms with Crippen molar-refractivity contribution in [3.8, 4) is 5.75 Å². The summed E-state index contributed by atoms with van der Waals surface area (Å²) >= 11 is 4.99. The van der Waals surface area contributed by atoms with E-state index in [2.05, 4.69) is 30.9 Å². The Balaban J connectivity index is 0.00000289. The van der Waals surface area contributed by atoms with Gasteiger partial charge in [-0.1, -0.05) is 23.9 Å². The molecule has 5 aromatic rings. The van der Waals surface area contributed by atoms with Gasteiger partial charge in [-0.2, -0.15) is 0 Å². The van der Waals surface area contributed by atoms with Crippen LogP contribution in [0.1, 0.15) is 28.5 Å². The number of nitrogens with one attached hydrogen (secondary N) is 1. The largest absolute Gasteiger partial charge is 0.506 e. The number of hydrogen-bond donors (Lipinski definition) is 2. The standard InChI is InChI=1S/C24H22BrN5O3S.ClH/c1-3-33-23(32)21-19(12-34-24-27-16-6-4-5-7-17(16)28-24)29(2)18-10-15(25)22(31)14(20(18)21)11-30-9-8-26-13-30;/h4-10,13,31H,3,11-12H2,1-2H3,(H,27,28);1H. The zero-order valence-electron chi connectivity index (χ0n) is 19.0. The molecule has 0 saturated carbocycles. The number of carbonyl (C=O) groups is 1. The van der Waals surface area contributed by atoms with Crippen LogP contribution >= 0.6 is 40.1 Å². The van der Waals surface area contributed by atoms with Gasteiger partial charge in [0.1, 0.15) is 5.75 Å². The highest BCUT2D eigenvalue weighted by Gasteiger charge is 2.27. The number of halogens is 2. The normalized spacial score (nSPS) is 11.2. The first-order valence-corrected chi connectivity index (χ1v) is 12.5. The van der Waals surface area contributed by atoms with Gasteiger partial charge in [0.05, 0.1) is 46.1 Å². The Labute approximate surface area is 220 Å². The third-order valence-electron chi connectivity index (χ3n) is 5.73. The molecule has 0 atom stereocenters. The second-order valence-corrected chi connectivity index (χ2v) is 9.58. The first-order chi connectivity index (χ1) is 16.5. The van der Waals surface area contributed by atoms with Crippen LogP contribution in [-0.4, -0.2) is 41.8 Å². The van der Waals surface area contributed by atoms with Gasteiger partial charge in [0.15, 0.2) is 5.16 Å². The number of aryl methyl sites for hydroxylation is 1. The number of rotatable bonds is 7. The Morgan fingerprint density at radius 2 is 2.11 bits per heavy atom. The third kappa shape index (κ3) is 4.65. The van der Waals surface area contributed by atoms with Gasteiger partial charge >= 0.3 is 5.97 Å². The van der Waals surface area contributed by atoms with Crippen molar-refractivity contribution in [3.05, 3.63) is 70.3 Å². The highest BCUT2D eigenvalue weighted by atomic mass is 79.9. The minimum absolute atomic E-state index is 0. The Morgan fingerprint density at radius 3 is 2.83 bits per heavy atom. The zero-order valence-corrected chi connectivity index (χ0v) is 22.2. The summed E-state index contributed by atoms with van der Waals surface area (Å²) in [6, 6.07) is 9.69. The second kappa shape index (κ2) is 10.3. The molecule has 5 rings (SSSR count). The van der Waals surface area contributed by atoms with Crippen LogP contribution in [0.2, 0.25) is 0 Å². The first kappa shape index (κ1) is 25.2. The molecule has 182 valence electrons. The lowest BCUT2D eigenvalue weighted by atomic mass is 10.0. The summed E-state index contributed by atoms with van der Waals surface area (Å²) in [6.45, 7) is 2.39. The average Bonchev–Trinajstić information content (AvgIpc) is 3.54. The summed E-state index contributed by atoms with van der Waals surface area (Å²) in [5.41, 5.74) is 4.56. The fourth-order valence-electron chi connectivity index (χ4n) is 4.12. The molecular weight excluding hydrogens is 554 g/mol. The molecule has 8 nitrogen and oxygen atoms in total. The van der Waals surface area contributed by atoms with Gasteiger partial charge < -0.3 is 24.0 Å². The third-order valence-corrected chi connectivity index (χ3v) is 7.22. The molecule has 0 aliphatic rings. The number of carbonyl (C=O) groups excluding carboxylic acids is 1. The van der Waals surface area contributed by atoms with Crippen LogP contribution < -0.4 is 0 Å². The molecule has 0 aliphatic carbocycles. The maximum absolute atomic E-state index is 13.2. The van der Waals surface area contributed by atoms with Crippen LogP contribution in [0.4, 0.5) is 0 Å². The van der Waals surface area contributed by atoms with Gasteiger partial charge in [-0.05, 0) is 41.1 Å². The Morgan fingerprint density at radius 1 is 1.31 bits per heavy atom. The van der Waals surface area contributed by atoms with E-state index >= 15 is 0 Å². The Kier molecular flexibility index (Phi) is 7.44. The van der Waals surface area contributed by atoms with Crippen molar-refractivity contribution < 1.29 is 14.6 Å². The molecule has 2 aromatic carbocycles. The predicted octanol–water partition coefficient (Wildman–Crippen LogP) is 5.66. The number of phenolic OH excluding ortho intramolecular Hbond substituents is 1. The minimum atomic E-state index is -0.415. The summed E-state index contributed by atoms with van der Waals surface area (Å²) in [4.78, 5) is 25.3. The van der Waals surface area contributed by atoms with E-state index in [1.165, 1.54) is 11.8 Å². The lowest BCUT2D eigenvalue weighted by molar-refractivity contribution is 0.0527. The fraction of sp³-hybridized carbons (Fsp3) is 0.208. The van der Waals surface area contributed by atoms with Gasteiger partial charge in [0.2, 0.25) is 0 Å². The minimum Gasteiger partial charge on any atom is -0.506 e. The molecule has 0 aliphatic heterocycles. The number of aromatic nitrogens is 5. The number of fused-ring (bicyclic) bond motifs is 2. The van der Waals surface area contributed by atoms with E-state index in [0.717, 1.165) is 27.4 Å². The number of nitrogens with zero attached hydrogens (tertiary/aromatic N) is 4. The number of aromatic hydroxyl groups is 1. The number of aromatic amines is 1. The fourth-order valence-corrected chi connectivity index (χ4v) is 5.53. The Bertz CT molecular complexity index is 1480. The van der Waals surface area contributed by atoms with Crippen LogP contribution in [0, 0.1) is 0 Å². The quantitative estimate of drug-likeness (QED) is 0.192. The van der Waals surface area contributed by atoms with Gasteiger partial charge in [0.25, 0.3) is 0 Å². The topological polar surface area (TPSA) is 98.0 Å². The summed E-state index contributed by atoms with van der Waals surface area (Å²) < 4.78 is 9.85. The molecule has 3 heterocycles. The van der Waals surface area contributed by atoms with E-state index in [4.69, 9.17) is 4.74 Å². The number of hydrogen-bond acceptors (Lipinski definition) is 6. The zero-order chi connectivity index (χ0) is 23.8. The van der Waals surface area contributed by atoms with Crippen molar-refractivity contribution in [1.82, 2.24) is 24.1 Å². The van der Waals surface area contributed by atoms with Crippen molar-refractivity contribution in [2.75, 3.05) is 6.61 Å². The van der Waals surface area contributed by atoms with Gasteiger partial charge in [-0.25, -0.2) is 14.8 Å². The highest BCUT2D eigenvalue weighted by molar-refractivity contribution is 9.10. The average molecular weight is 577 g/mol. The molecule has 0 bridgehead atoms.